The fourth-order valence-corrected chi connectivity index (χ4v) is 3.87. The lowest BCUT2D eigenvalue weighted by atomic mass is 9.95. The molecule has 0 saturated heterocycles. The van der Waals surface area contributed by atoms with Crippen LogP contribution in [0.5, 0.6) is 23.0 Å². The van der Waals surface area contributed by atoms with Gasteiger partial charge < -0.3 is 24.8 Å². The molecular formula is C32H42O6. The summed E-state index contributed by atoms with van der Waals surface area (Å²) in [4.78, 5) is 13.8. The molecule has 6 nitrogen and oxygen atoms in total. The van der Waals surface area contributed by atoms with Crippen LogP contribution in [0.25, 0.3) is 21.9 Å². The summed E-state index contributed by atoms with van der Waals surface area (Å²) in [6.07, 6.45) is 6.19. The minimum atomic E-state index is -0.530. The van der Waals surface area contributed by atoms with Crippen LogP contribution in [-0.2, 0) is 19.3 Å². The maximum absolute atomic E-state index is 13.8. The first-order chi connectivity index (χ1) is 17.7. The Bertz CT molecular complexity index is 1470. The zero-order valence-electron chi connectivity index (χ0n) is 24.1. The Hall–Kier alpha value is -3.67. The Morgan fingerprint density at radius 2 is 1.13 bits per heavy atom. The molecular weight excluding hydrogens is 480 g/mol. The molecule has 1 aromatic heterocycles. The van der Waals surface area contributed by atoms with Crippen LogP contribution in [0.3, 0.4) is 0 Å². The molecule has 3 rings (SSSR count). The van der Waals surface area contributed by atoms with Crippen LogP contribution in [-0.4, -0.2) is 20.4 Å². The maximum Gasteiger partial charge on any atom is 0.204 e. The normalized spacial score (nSPS) is 10.8. The molecule has 0 spiro atoms. The zero-order valence-corrected chi connectivity index (χ0v) is 24.1. The first-order valence-corrected chi connectivity index (χ1v) is 13.0. The highest BCUT2D eigenvalue weighted by Gasteiger charge is 2.25. The van der Waals surface area contributed by atoms with Gasteiger partial charge in [0, 0.05) is 22.8 Å². The smallest absolute Gasteiger partial charge is 0.204 e. The molecule has 0 radical (unpaired) electrons. The molecule has 4 N–H and O–H groups in total. The second-order valence-corrected chi connectivity index (χ2v) is 11.1. The van der Waals surface area contributed by atoms with Gasteiger partial charge in [-0.3, -0.25) is 4.79 Å². The van der Waals surface area contributed by atoms with E-state index in [1.807, 2.05) is 59.8 Å². The second-order valence-electron chi connectivity index (χ2n) is 11.1. The zero-order chi connectivity index (χ0) is 28.9. The minimum absolute atomic E-state index is 0.00477. The lowest BCUT2D eigenvalue weighted by molar-refractivity contribution is 0.397. The number of allylic oxidation sites excluding steroid dienone is 6. The van der Waals surface area contributed by atoms with Crippen molar-refractivity contribution in [3.05, 3.63) is 67.9 Å². The second kappa shape index (κ2) is 12.7. The summed E-state index contributed by atoms with van der Waals surface area (Å²) in [6, 6.07) is 1.31. The minimum Gasteiger partial charge on any atom is -0.507 e. The number of hydrogen-bond acceptors (Lipinski definition) is 6. The predicted molar refractivity (Wildman–Crippen MR) is 157 cm³/mol. The number of fused-ring (bicyclic) bond motifs is 2. The summed E-state index contributed by atoms with van der Waals surface area (Å²) in [5.74, 6) is -0.437. The predicted octanol–water partition coefficient (Wildman–Crippen LogP) is 7.96. The molecule has 0 aliphatic carbocycles. The van der Waals surface area contributed by atoms with Gasteiger partial charge in [0.15, 0.2) is 11.5 Å². The molecule has 2 aromatic carbocycles. The van der Waals surface area contributed by atoms with E-state index in [0.717, 1.165) is 22.6 Å². The Balaban J connectivity index is 0.00000118. The van der Waals surface area contributed by atoms with Crippen molar-refractivity contribution in [2.45, 2.75) is 81.6 Å². The number of rotatable bonds is 6. The van der Waals surface area contributed by atoms with Crippen molar-refractivity contribution in [3.63, 3.8) is 0 Å². The number of phenolic OH excluding ortho intramolecular Hbond substituents is 4. The molecule has 0 aliphatic heterocycles. The van der Waals surface area contributed by atoms with Gasteiger partial charge in [-0.2, -0.15) is 0 Å². The molecule has 0 saturated carbocycles. The van der Waals surface area contributed by atoms with E-state index in [-0.39, 0.29) is 80.9 Å². The van der Waals surface area contributed by atoms with Gasteiger partial charge in [0.2, 0.25) is 5.43 Å². The van der Waals surface area contributed by atoms with Crippen LogP contribution in [0.2, 0.25) is 0 Å². The van der Waals surface area contributed by atoms with Gasteiger partial charge in [0.1, 0.15) is 28.1 Å². The summed E-state index contributed by atoms with van der Waals surface area (Å²) >= 11 is 0. The fourth-order valence-electron chi connectivity index (χ4n) is 3.87. The van der Waals surface area contributed by atoms with Crippen LogP contribution < -0.4 is 5.43 Å². The molecule has 0 aliphatic rings. The van der Waals surface area contributed by atoms with Gasteiger partial charge >= 0.3 is 0 Å². The largest absolute Gasteiger partial charge is 0.507 e. The van der Waals surface area contributed by atoms with Crippen LogP contribution >= 0.6 is 0 Å². The summed E-state index contributed by atoms with van der Waals surface area (Å²) in [7, 11) is 0. The topological polar surface area (TPSA) is 111 Å². The van der Waals surface area contributed by atoms with Crippen molar-refractivity contribution in [1.82, 2.24) is 0 Å². The van der Waals surface area contributed by atoms with Gasteiger partial charge in [-0.15, -0.1) is 0 Å². The Labute approximate surface area is 225 Å². The van der Waals surface area contributed by atoms with Gasteiger partial charge in [0.05, 0.1) is 5.39 Å². The van der Waals surface area contributed by atoms with E-state index in [1.165, 1.54) is 6.07 Å². The molecule has 38 heavy (non-hydrogen) atoms. The Morgan fingerprint density at radius 3 is 1.61 bits per heavy atom. The third kappa shape index (κ3) is 7.00. The molecule has 1 heterocycles. The molecule has 0 unspecified atom stereocenters. The van der Waals surface area contributed by atoms with Crippen LogP contribution in [0, 0.1) is 5.92 Å². The van der Waals surface area contributed by atoms with Crippen molar-refractivity contribution < 1.29 is 24.8 Å². The summed E-state index contributed by atoms with van der Waals surface area (Å²) in [6.45, 7) is 17.9. The van der Waals surface area contributed by atoms with Crippen molar-refractivity contribution in [1.29, 1.82) is 0 Å². The number of benzene rings is 2. The summed E-state index contributed by atoms with van der Waals surface area (Å²) in [5.41, 5.74) is 3.27. The standard InChI is InChI=1S/C28H32O6.C4H10/c1-14(2)7-10-17-20(29)13-21-23(24(17)30)27(33)22-18(11-8-15(3)4)25(31)26(32)19(28(22)34-21)12-9-16(5)6;1-4(2)3/h7-9,13,29-32H,10-12H2,1-6H3;4H,1-3H3. The highest BCUT2D eigenvalue weighted by molar-refractivity contribution is 5.99. The number of phenols is 4. The summed E-state index contributed by atoms with van der Waals surface area (Å²) < 4.78 is 6.06. The van der Waals surface area contributed by atoms with E-state index in [9.17, 15) is 25.2 Å². The van der Waals surface area contributed by atoms with E-state index in [1.54, 1.807) is 0 Å². The molecule has 3 aromatic rings. The maximum atomic E-state index is 13.8. The highest BCUT2D eigenvalue weighted by atomic mass is 16.3. The lowest BCUT2D eigenvalue weighted by Gasteiger charge is -2.16. The van der Waals surface area contributed by atoms with Gasteiger partial charge in [0.25, 0.3) is 0 Å². The lowest BCUT2D eigenvalue weighted by Crippen LogP contribution is -2.09. The highest BCUT2D eigenvalue weighted by Crippen LogP contribution is 2.43. The first kappa shape index (κ1) is 30.6. The van der Waals surface area contributed by atoms with Gasteiger partial charge in [-0.05, 0) is 66.7 Å². The van der Waals surface area contributed by atoms with Crippen molar-refractivity contribution in [3.8, 4) is 23.0 Å². The van der Waals surface area contributed by atoms with E-state index >= 15 is 0 Å². The monoisotopic (exact) mass is 522 g/mol. The van der Waals surface area contributed by atoms with E-state index < -0.39 is 5.43 Å². The van der Waals surface area contributed by atoms with Crippen LogP contribution in [0.15, 0.2) is 50.2 Å². The van der Waals surface area contributed by atoms with Gasteiger partial charge in [-0.25, -0.2) is 0 Å². The first-order valence-electron chi connectivity index (χ1n) is 13.0. The van der Waals surface area contributed by atoms with Crippen LogP contribution in [0.1, 0.15) is 79.0 Å². The number of hydrogen-bond donors (Lipinski definition) is 4. The third-order valence-corrected chi connectivity index (χ3v) is 5.75. The molecule has 0 fully saturated rings. The quantitative estimate of drug-likeness (QED) is 0.148. The SMILES string of the molecule is CC(C)=CCc1c(O)cc2oc3c(CC=C(C)C)c(O)c(O)c(CC=C(C)C)c3c(=O)c2c1O.CC(C)C. The number of aromatic hydroxyl groups is 4. The summed E-state index contributed by atoms with van der Waals surface area (Å²) in [5, 5.41) is 43.3. The molecule has 6 heteroatoms. The fraction of sp³-hybridized carbons (Fsp3) is 0.406. The molecule has 0 bridgehead atoms. The molecule has 0 atom stereocenters. The average molecular weight is 523 g/mol. The van der Waals surface area contributed by atoms with Crippen molar-refractivity contribution in [2.24, 2.45) is 5.92 Å². The molecule has 206 valence electrons. The Morgan fingerprint density at radius 1 is 0.711 bits per heavy atom. The van der Waals surface area contributed by atoms with E-state index in [4.69, 9.17) is 4.42 Å². The van der Waals surface area contributed by atoms with Crippen LogP contribution in [0.4, 0.5) is 0 Å². The third-order valence-electron chi connectivity index (χ3n) is 5.75. The molecule has 0 amide bonds. The van der Waals surface area contributed by atoms with E-state index in [0.29, 0.717) is 0 Å². The van der Waals surface area contributed by atoms with E-state index in [2.05, 4.69) is 20.8 Å². The van der Waals surface area contributed by atoms with Gasteiger partial charge in [-0.1, -0.05) is 55.7 Å². The van der Waals surface area contributed by atoms with Crippen molar-refractivity contribution in [2.75, 3.05) is 0 Å². The Kier molecular flexibility index (Phi) is 10.2. The van der Waals surface area contributed by atoms with Crippen molar-refractivity contribution >= 4 is 21.9 Å². The average Bonchev–Trinajstić information content (AvgIpc) is 2.78.